The highest BCUT2D eigenvalue weighted by Crippen LogP contribution is 2.20. The van der Waals surface area contributed by atoms with E-state index in [4.69, 9.17) is 11.5 Å². The number of nitrogens with one attached hydrogen (secondary N) is 2. The summed E-state index contributed by atoms with van der Waals surface area (Å²) < 4.78 is 0. The van der Waals surface area contributed by atoms with Crippen LogP contribution in [-0.2, 0) is 0 Å². The molecule has 0 fully saturated rings. The number of carbonyl (C=O) groups excluding carboxylic acids is 1. The lowest BCUT2D eigenvalue weighted by atomic mass is 10.0. The molecule has 0 aliphatic rings. The quantitative estimate of drug-likeness (QED) is 0.557. The molecule has 0 aromatic heterocycles. The molecule has 0 spiro atoms. The summed E-state index contributed by atoms with van der Waals surface area (Å²) in [7, 11) is 0. The van der Waals surface area contributed by atoms with Gasteiger partial charge >= 0.3 is 12.0 Å². The van der Waals surface area contributed by atoms with E-state index in [0.717, 1.165) is 11.3 Å². The number of urea groups is 1. The summed E-state index contributed by atoms with van der Waals surface area (Å²) >= 11 is 1.56. The normalized spacial score (nSPS) is 9.76. The molecule has 21 heavy (non-hydrogen) atoms. The number of thioether (sulfide) groups is 1. The molecule has 0 aliphatic heterocycles. The second kappa shape index (κ2) is 8.22. The monoisotopic (exact) mass is 306 g/mol. The van der Waals surface area contributed by atoms with E-state index < -0.39 is 5.97 Å². The number of terminal acetylenes is 1. The lowest BCUT2D eigenvalue weighted by Crippen LogP contribution is -2.30. The molecule has 0 heterocycles. The summed E-state index contributed by atoms with van der Waals surface area (Å²) in [5.41, 5.74) is 2.16. The molecule has 0 radical (unpaired) electrons. The number of hydrogen-bond acceptors (Lipinski definition) is 3. The third-order valence-corrected chi connectivity index (χ3v) is 3.74. The number of benzene rings is 1. The molecule has 1 rings (SSSR count). The van der Waals surface area contributed by atoms with Crippen LogP contribution in [0.4, 0.5) is 10.5 Å². The predicted molar refractivity (Wildman–Crippen MR) is 86.1 cm³/mol. The van der Waals surface area contributed by atoms with Gasteiger partial charge in [-0.1, -0.05) is 5.92 Å². The first-order valence-corrected chi connectivity index (χ1v) is 7.51. The van der Waals surface area contributed by atoms with Crippen LogP contribution < -0.4 is 10.6 Å². The molecule has 0 atom stereocenters. The van der Waals surface area contributed by atoms with Gasteiger partial charge in [-0.3, -0.25) is 0 Å². The van der Waals surface area contributed by atoms with E-state index in [0.29, 0.717) is 23.5 Å². The molecule has 0 saturated heterocycles. The SMILES string of the molecule is C#CCSCCNC(=O)Nc1cc(C)c(C)c(C(=O)O)c1. The second-order valence-electron chi connectivity index (χ2n) is 4.41. The molecule has 1 aromatic carbocycles. The Morgan fingerprint density at radius 2 is 2.10 bits per heavy atom. The molecule has 0 bridgehead atoms. The average Bonchev–Trinajstić information content (AvgIpc) is 2.42. The van der Waals surface area contributed by atoms with Crippen molar-refractivity contribution in [2.45, 2.75) is 13.8 Å². The Morgan fingerprint density at radius 3 is 2.71 bits per heavy atom. The highest BCUT2D eigenvalue weighted by molar-refractivity contribution is 7.99. The summed E-state index contributed by atoms with van der Waals surface area (Å²) in [5, 5.41) is 14.4. The van der Waals surface area contributed by atoms with Crippen molar-refractivity contribution >= 4 is 29.4 Å². The van der Waals surface area contributed by atoms with Crippen molar-refractivity contribution in [2.75, 3.05) is 23.4 Å². The van der Waals surface area contributed by atoms with Gasteiger partial charge < -0.3 is 15.7 Å². The molecule has 6 heteroatoms. The van der Waals surface area contributed by atoms with Gasteiger partial charge in [0.05, 0.1) is 11.3 Å². The molecule has 1 aromatic rings. The van der Waals surface area contributed by atoms with Gasteiger partial charge in [-0.25, -0.2) is 9.59 Å². The third-order valence-electron chi connectivity index (χ3n) is 2.87. The van der Waals surface area contributed by atoms with Crippen LogP contribution >= 0.6 is 11.8 Å². The maximum Gasteiger partial charge on any atom is 0.336 e. The number of anilines is 1. The summed E-state index contributed by atoms with van der Waals surface area (Å²) in [6.45, 7) is 4.04. The zero-order valence-corrected chi connectivity index (χ0v) is 12.8. The highest BCUT2D eigenvalue weighted by Gasteiger charge is 2.12. The van der Waals surface area contributed by atoms with Gasteiger partial charge in [0.25, 0.3) is 0 Å². The van der Waals surface area contributed by atoms with E-state index in [-0.39, 0.29) is 11.6 Å². The van der Waals surface area contributed by atoms with Crippen LogP contribution in [0.1, 0.15) is 21.5 Å². The van der Waals surface area contributed by atoms with E-state index in [2.05, 4.69) is 16.6 Å². The van der Waals surface area contributed by atoms with E-state index >= 15 is 0 Å². The standard InChI is InChI=1S/C15H18N2O3S/c1-4-6-21-7-5-16-15(20)17-12-8-10(2)11(3)13(9-12)14(18)19/h1,8-9H,5-7H2,2-3H3,(H,18,19)(H2,16,17,20). The van der Waals surface area contributed by atoms with Crippen LogP contribution in [0, 0.1) is 26.2 Å². The Labute approximate surface area is 128 Å². The molecule has 0 aliphatic carbocycles. The molecular weight excluding hydrogens is 288 g/mol. The predicted octanol–water partition coefficient (Wildman–Crippen LogP) is 2.49. The number of hydrogen-bond donors (Lipinski definition) is 3. The first kappa shape index (κ1) is 16.9. The molecule has 5 nitrogen and oxygen atoms in total. The minimum absolute atomic E-state index is 0.190. The molecule has 2 amide bonds. The largest absolute Gasteiger partial charge is 0.478 e. The first-order valence-electron chi connectivity index (χ1n) is 6.36. The number of carboxylic acids is 1. The third kappa shape index (κ3) is 5.40. The maximum atomic E-state index is 11.7. The Morgan fingerprint density at radius 1 is 1.38 bits per heavy atom. The smallest absolute Gasteiger partial charge is 0.336 e. The average molecular weight is 306 g/mol. The number of rotatable bonds is 6. The van der Waals surface area contributed by atoms with Gasteiger partial charge in [-0.15, -0.1) is 18.2 Å². The fraction of sp³-hybridized carbons (Fsp3) is 0.333. The van der Waals surface area contributed by atoms with Crippen LogP contribution in [0.25, 0.3) is 0 Å². The van der Waals surface area contributed by atoms with Gasteiger partial charge in [0.2, 0.25) is 0 Å². The summed E-state index contributed by atoms with van der Waals surface area (Å²) in [5.74, 6) is 2.83. The molecular formula is C15H18N2O3S. The van der Waals surface area contributed by atoms with Crippen LogP contribution in [0.5, 0.6) is 0 Å². The Balaban J connectivity index is 2.61. The van der Waals surface area contributed by atoms with Crippen molar-refractivity contribution < 1.29 is 14.7 Å². The number of carbonyl (C=O) groups is 2. The lowest BCUT2D eigenvalue weighted by molar-refractivity contribution is 0.0696. The van der Waals surface area contributed by atoms with Gasteiger partial charge in [-0.2, -0.15) is 0 Å². The number of aromatic carboxylic acids is 1. The van der Waals surface area contributed by atoms with E-state index in [1.165, 1.54) is 6.07 Å². The van der Waals surface area contributed by atoms with Crippen LogP contribution in [0.3, 0.4) is 0 Å². The molecule has 0 unspecified atom stereocenters. The topological polar surface area (TPSA) is 78.4 Å². The number of aryl methyl sites for hydroxylation is 1. The zero-order valence-electron chi connectivity index (χ0n) is 12.0. The van der Waals surface area contributed by atoms with Crippen molar-refractivity contribution in [1.29, 1.82) is 0 Å². The Kier molecular flexibility index (Phi) is 6.63. The fourth-order valence-corrected chi connectivity index (χ4v) is 2.21. The van der Waals surface area contributed by atoms with Crippen LogP contribution in [0.2, 0.25) is 0 Å². The minimum Gasteiger partial charge on any atom is -0.478 e. The van der Waals surface area contributed by atoms with Crippen molar-refractivity contribution in [3.05, 3.63) is 28.8 Å². The Hall–Kier alpha value is -2.13. The fourth-order valence-electron chi connectivity index (χ4n) is 1.70. The summed E-state index contributed by atoms with van der Waals surface area (Å²) in [6, 6.07) is 2.84. The van der Waals surface area contributed by atoms with Gasteiger partial charge in [0, 0.05) is 18.0 Å². The minimum atomic E-state index is -1.01. The van der Waals surface area contributed by atoms with Gasteiger partial charge in [0.1, 0.15) is 0 Å². The summed E-state index contributed by atoms with van der Waals surface area (Å²) in [6.07, 6.45) is 5.12. The number of amides is 2. The molecule has 0 saturated carbocycles. The second-order valence-corrected chi connectivity index (χ2v) is 5.51. The van der Waals surface area contributed by atoms with Crippen molar-refractivity contribution in [3.8, 4) is 12.3 Å². The highest BCUT2D eigenvalue weighted by atomic mass is 32.2. The summed E-state index contributed by atoms with van der Waals surface area (Å²) in [4.78, 5) is 22.8. The maximum absolute atomic E-state index is 11.7. The van der Waals surface area contributed by atoms with E-state index in [1.807, 2.05) is 0 Å². The lowest BCUT2D eigenvalue weighted by Gasteiger charge is -2.11. The van der Waals surface area contributed by atoms with E-state index in [1.54, 1.807) is 31.7 Å². The first-order chi connectivity index (χ1) is 9.95. The molecule has 112 valence electrons. The Bertz CT molecular complexity index is 579. The molecule has 3 N–H and O–H groups in total. The zero-order chi connectivity index (χ0) is 15.8. The van der Waals surface area contributed by atoms with Gasteiger partial charge in [-0.05, 0) is 37.1 Å². The number of carboxylic acid groups (broad SMARTS) is 1. The van der Waals surface area contributed by atoms with Crippen LogP contribution in [0.15, 0.2) is 12.1 Å². The van der Waals surface area contributed by atoms with Crippen LogP contribution in [-0.4, -0.2) is 35.2 Å². The van der Waals surface area contributed by atoms with E-state index in [9.17, 15) is 9.59 Å². The van der Waals surface area contributed by atoms with Gasteiger partial charge in [0.15, 0.2) is 0 Å². The van der Waals surface area contributed by atoms with Crippen molar-refractivity contribution in [2.24, 2.45) is 0 Å². The van der Waals surface area contributed by atoms with Crippen molar-refractivity contribution in [3.63, 3.8) is 0 Å². The van der Waals surface area contributed by atoms with Crippen molar-refractivity contribution in [1.82, 2.24) is 5.32 Å².